The highest BCUT2D eigenvalue weighted by Gasteiger charge is 2.02. The van der Waals surface area contributed by atoms with Crippen molar-refractivity contribution in [3.63, 3.8) is 0 Å². The first-order chi connectivity index (χ1) is 5.29. The quantitative estimate of drug-likeness (QED) is 0.464. The molecule has 0 saturated carbocycles. The maximum atomic E-state index is 9.22. The third kappa shape index (κ3) is 0.851. The van der Waals surface area contributed by atoms with Gasteiger partial charge >= 0.3 is 0 Å². The second kappa shape index (κ2) is 2.13. The van der Waals surface area contributed by atoms with Crippen molar-refractivity contribution in [1.29, 1.82) is 0 Å². The van der Waals surface area contributed by atoms with Gasteiger partial charge in [0.05, 0.1) is 5.69 Å². The number of nitrogen functional groups attached to an aromatic ring is 1. The first kappa shape index (κ1) is 6.49. The zero-order chi connectivity index (χ0) is 7.84. The zero-order valence-electron chi connectivity index (χ0n) is 5.74. The Kier molecular flexibility index (Phi) is 1.26. The van der Waals surface area contributed by atoms with E-state index in [2.05, 4.69) is 0 Å². The van der Waals surface area contributed by atoms with Crippen LogP contribution in [0.25, 0.3) is 10.1 Å². The molecule has 0 unspecified atom stereocenters. The molecule has 3 N–H and O–H groups in total. The van der Waals surface area contributed by atoms with Gasteiger partial charge in [-0.2, -0.15) is 0 Å². The summed E-state index contributed by atoms with van der Waals surface area (Å²) in [6.07, 6.45) is 0. The van der Waals surface area contributed by atoms with Gasteiger partial charge in [-0.15, -0.1) is 11.3 Å². The highest BCUT2D eigenvalue weighted by atomic mass is 32.1. The molecular weight excluding hydrogens is 158 g/mol. The van der Waals surface area contributed by atoms with Crippen LogP contribution in [0.1, 0.15) is 0 Å². The minimum Gasteiger partial charge on any atom is -0.506 e. The summed E-state index contributed by atoms with van der Waals surface area (Å²) in [6, 6.07) is 5.40. The van der Waals surface area contributed by atoms with Crippen LogP contribution in [0.3, 0.4) is 0 Å². The Bertz CT molecular complexity index is 394. The Balaban J connectivity index is 2.93. The Morgan fingerprint density at radius 3 is 2.91 bits per heavy atom. The topological polar surface area (TPSA) is 46.2 Å². The van der Waals surface area contributed by atoms with Gasteiger partial charge in [-0.1, -0.05) is 0 Å². The summed E-state index contributed by atoms with van der Waals surface area (Å²) in [7, 11) is 0. The van der Waals surface area contributed by atoms with Crippen molar-refractivity contribution in [3.05, 3.63) is 23.6 Å². The van der Waals surface area contributed by atoms with Crippen LogP contribution in [0.2, 0.25) is 0 Å². The van der Waals surface area contributed by atoms with E-state index >= 15 is 0 Å². The fraction of sp³-hybridized carbons (Fsp3) is 0. The number of thiophene rings is 1. The lowest BCUT2D eigenvalue weighted by atomic mass is 10.2. The molecule has 2 aromatic rings. The maximum absolute atomic E-state index is 9.22. The third-order valence-corrected chi connectivity index (χ3v) is 2.54. The number of benzene rings is 1. The predicted molar refractivity (Wildman–Crippen MR) is 47.9 cm³/mol. The SMILES string of the molecule is Nc1c(O)ccc2sccc12. The van der Waals surface area contributed by atoms with Crippen LogP contribution in [0, 0.1) is 0 Å². The molecule has 0 amide bonds. The van der Waals surface area contributed by atoms with Crippen molar-refractivity contribution in [3.8, 4) is 5.75 Å². The second-order valence-electron chi connectivity index (χ2n) is 2.33. The second-order valence-corrected chi connectivity index (χ2v) is 3.28. The average Bonchev–Trinajstić information content (AvgIpc) is 2.45. The van der Waals surface area contributed by atoms with E-state index in [1.165, 1.54) is 0 Å². The molecule has 0 fully saturated rings. The van der Waals surface area contributed by atoms with Crippen molar-refractivity contribution in [2.45, 2.75) is 0 Å². The summed E-state index contributed by atoms with van der Waals surface area (Å²) in [5.74, 6) is 0.163. The van der Waals surface area contributed by atoms with Crippen molar-refractivity contribution in [2.75, 3.05) is 5.73 Å². The van der Waals surface area contributed by atoms with E-state index in [9.17, 15) is 5.11 Å². The van der Waals surface area contributed by atoms with Gasteiger partial charge in [-0.05, 0) is 23.6 Å². The Labute approximate surface area is 67.9 Å². The molecule has 0 atom stereocenters. The number of fused-ring (bicyclic) bond motifs is 1. The fourth-order valence-electron chi connectivity index (χ4n) is 1.05. The lowest BCUT2D eigenvalue weighted by Crippen LogP contribution is -1.84. The normalized spacial score (nSPS) is 10.5. The average molecular weight is 165 g/mol. The molecular formula is C8H7NOS. The lowest BCUT2D eigenvalue weighted by molar-refractivity contribution is 0.479. The molecule has 1 aromatic heterocycles. The number of phenols is 1. The van der Waals surface area contributed by atoms with Crippen molar-refractivity contribution in [1.82, 2.24) is 0 Å². The van der Waals surface area contributed by atoms with Gasteiger partial charge in [0, 0.05) is 10.1 Å². The maximum Gasteiger partial charge on any atom is 0.139 e. The summed E-state index contributed by atoms with van der Waals surface area (Å²) >= 11 is 1.62. The predicted octanol–water partition coefficient (Wildman–Crippen LogP) is 2.19. The first-order valence-electron chi connectivity index (χ1n) is 3.23. The van der Waals surface area contributed by atoms with E-state index < -0.39 is 0 Å². The van der Waals surface area contributed by atoms with Crippen molar-refractivity contribution < 1.29 is 5.11 Å². The van der Waals surface area contributed by atoms with E-state index in [0.29, 0.717) is 5.69 Å². The van der Waals surface area contributed by atoms with Gasteiger partial charge in [0.2, 0.25) is 0 Å². The Morgan fingerprint density at radius 2 is 2.09 bits per heavy atom. The number of anilines is 1. The van der Waals surface area contributed by atoms with Gasteiger partial charge in [0.25, 0.3) is 0 Å². The molecule has 0 spiro atoms. The molecule has 0 saturated heterocycles. The summed E-state index contributed by atoms with van der Waals surface area (Å²) < 4.78 is 1.11. The minimum absolute atomic E-state index is 0.163. The minimum atomic E-state index is 0.163. The van der Waals surface area contributed by atoms with E-state index in [1.54, 1.807) is 17.4 Å². The van der Waals surface area contributed by atoms with E-state index in [0.717, 1.165) is 10.1 Å². The van der Waals surface area contributed by atoms with Crippen molar-refractivity contribution in [2.24, 2.45) is 0 Å². The summed E-state index contributed by atoms with van der Waals surface area (Å²) in [4.78, 5) is 0. The van der Waals surface area contributed by atoms with Crippen LogP contribution >= 0.6 is 11.3 Å². The fourth-order valence-corrected chi connectivity index (χ4v) is 1.86. The highest BCUT2D eigenvalue weighted by molar-refractivity contribution is 7.17. The molecule has 11 heavy (non-hydrogen) atoms. The van der Waals surface area contributed by atoms with Crippen LogP contribution in [0.15, 0.2) is 23.6 Å². The number of aromatic hydroxyl groups is 1. The van der Waals surface area contributed by atoms with Gasteiger partial charge in [0.15, 0.2) is 0 Å². The van der Waals surface area contributed by atoms with Gasteiger partial charge in [0.1, 0.15) is 5.75 Å². The van der Waals surface area contributed by atoms with E-state index in [1.807, 2.05) is 17.5 Å². The molecule has 0 aliphatic rings. The number of nitrogens with two attached hydrogens (primary N) is 1. The monoisotopic (exact) mass is 165 g/mol. The summed E-state index contributed by atoms with van der Waals surface area (Å²) in [5.41, 5.74) is 6.10. The van der Waals surface area contributed by atoms with Crippen LogP contribution < -0.4 is 5.73 Å². The molecule has 1 aromatic carbocycles. The molecule has 3 heteroatoms. The van der Waals surface area contributed by atoms with Gasteiger partial charge in [-0.3, -0.25) is 0 Å². The van der Waals surface area contributed by atoms with Crippen LogP contribution in [0.5, 0.6) is 5.75 Å². The number of hydrogen-bond donors (Lipinski definition) is 2. The largest absolute Gasteiger partial charge is 0.506 e. The molecule has 56 valence electrons. The Hall–Kier alpha value is -1.22. The van der Waals surface area contributed by atoms with E-state index in [4.69, 9.17) is 5.73 Å². The van der Waals surface area contributed by atoms with Crippen LogP contribution in [-0.4, -0.2) is 5.11 Å². The summed E-state index contributed by atoms with van der Waals surface area (Å²) in [5, 5.41) is 12.1. The number of phenolic OH excluding ortho intramolecular Hbond substituents is 1. The van der Waals surface area contributed by atoms with Crippen molar-refractivity contribution >= 4 is 27.1 Å². The number of hydrogen-bond acceptors (Lipinski definition) is 3. The highest BCUT2D eigenvalue weighted by Crippen LogP contribution is 2.32. The van der Waals surface area contributed by atoms with Gasteiger partial charge in [-0.25, -0.2) is 0 Å². The van der Waals surface area contributed by atoms with Gasteiger partial charge < -0.3 is 10.8 Å². The van der Waals surface area contributed by atoms with Crippen LogP contribution in [0.4, 0.5) is 5.69 Å². The number of rotatable bonds is 0. The molecule has 1 heterocycles. The molecule has 2 nitrogen and oxygen atoms in total. The first-order valence-corrected chi connectivity index (χ1v) is 4.11. The third-order valence-electron chi connectivity index (χ3n) is 1.65. The molecule has 0 aliphatic carbocycles. The molecule has 0 radical (unpaired) electrons. The molecule has 2 rings (SSSR count). The Morgan fingerprint density at radius 1 is 1.27 bits per heavy atom. The lowest BCUT2D eigenvalue weighted by Gasteiger charge is -1.98. The standard InChI is InChI=1S/C8H7NOS/c9-8-5-3-4-11-7(5)2-1-6(8)10/h1-4,10H,9H2. The summed E-state index contributed by atoms with van der Waals surface area (Å²) in [6.45, 7) is 0. The molecule has 0 bridgehead atoms. The zero-order valence-corrected chi connectivity index (χ0v) is 6.56. The van der Waals surface area contributed by atoms with E-state index in [-0.39, 0.29) is 5.75 Å². The van der Waals surface area contributed by atoms with Crippen LogP contribution in [-0.2, 0) is 0 Å². The smallest absolute Gasteiger partial charge is 0.139 e. The molecule has 0 aliphatic heterocycles.